The van der Waals surface area contributed by atoms with Crippen LogP contribution in [0.2, 0.25) is 0 Å². The number of carbonyl (C=O) groups is 2. The fourth-order valence-corrected chi connectivity index (χ4v) is 2.89. The van der Waals surface area contributed by atoms with Crippen LogP contribution in [-0.2, 0) is 6.42 Å². The molecule has 26 heavy (non-hydrogen) atoms. The first-order chi connectivity index (χ1) is 12.3. The molecule has 2 rings (SSSR count). The third kappa shape index (κ3) is 4.31. The zero-order valence-corrected chi connectivity index (χ0v) is 16.3. The lowest BCUT2D eigenvalue weighted by atomic mass is 10.0. The van der Waals surface area contributed by atoms with Crippen molar-refractivity contribution in [2.24, 2.45) is 0 Å². The minimum Gasteiger partial charge on any atom is -0.267 e. The van der Waals surface area contributed by atoms with Crippen LogP contribution in [0.3, 0.4) is 0 Å². The molecule has 0 fully saturated rings. The number of hydrazine groups is 1. The molecular formula is C22H28N2O2. The van der Waals surface area contributed by atoms with Gasteiger partial charge in [-0.2, -0.15) is 0 Å². The molecule has 0 atom stereocenters. The van der Waals surface area contributed by atoms with Crippen LogP contribution in [0.1, 0.15) is 60.9 Å². The molecule has 0 heterocycles. The number of hydrogen-bond donors (Lipinski definition) is 0. The molecule has 0 aliphatic heterocycles. The fraction of sp³-hybridized carbons (Fsp3) is 0.364. The van der Waals surface area contributed by atoms with E-state index in [1.54, 1.807) is 17.1 Å². The molecule has 0 aliphatic carbocycles. The van der Waals surface area contributed by atoms with Crippen LogP contribution in [0.4, 0.5) is 0 Å². The zero-order chi connectivity index (χ0) is 19.3. The van der Waals surface area contributed by atoms with E-state index in [9.17, 15) is 9.59 Å². The van der Waals surface area contributed by atoms with Crippen molar-refractivity contribution in [2.45, 2.75) is 46.6 Å². The van der Waals surface area contributed by atoms with Crippen molar-refractivity contribution in [3.63, 3.8) is 0 Å². The van der Waals surface area contributed by atoms with Gasteiger partial charge in [-0.1, -0.05) is 37.3 Å². The molecule has 2 amide bonds. The molecule has 0 spiro atoms. The number of benzene rings is 2. The fourth-order valence-electron chi connectivity index (χ4n) is 2.89. The highest BCUT2D eigenvalue weighted by Crippen LogP contribution is 2.22. The number of carbonyl (C=O) groups excluding carboxylic acids is 2. The van der Waals surface area contributed by atoms with Crippen molar-refractivity contribution in [1.29, 1.82) is 0 Å². The monoisotopic (exact) mass is 352 g/mol. The van der Waals surface area contributed by atoms with Crippen molar-refractivity contribution in [2.75, 3.05) is 6.54 Å². The Morgan fingerprint density at radius 2 is 1.35 bits per heavy atom. The molecular weight excluding hydrogens is 324 g/mol. The Kier molecular flexibility index (Phi) is 6.19. The van der Waals surface area contributed by atoms with Gasteiger partial charge in [0, 0.05) is 17.7 Å². The molecule has 0 aliphatic rings. The summed E-state index contributed by atoms with van der Waals surface area (Å²) in [5.41, 5.74) is 1.78. The first-order valence-corrected chi connectivity index (χ1v) is 9.10. The number of aryl methyl sites for hydroxylation is 1. The summed E-state index contributed by atoms with van der Waals surface area (Å²) in [7, 11) is 0. The van der Waals surface area contributed by atoms with Gasteiger partial charge in [0.1, 0.15) is 0 Å². The van der Waals surface area contributed by atoms with E-state index in [1.165, 1.54) is 10.6 Å². The second-order valence-electron chi connectivity index (χ2n) is 7.23. The molecule has 0 bridgehead atoms. The van der Waals surface area contributed by atoms with Gasteiger partial charge in [0.05, 0.1) is 5.54 Å². The third-order valence-corrected chi connectivity index (χ3v) is 4.23. The molecule has 4 heteroatoms. The average molecular weight is 352 g/mol. The largest absolute Gasteiger partial charge is 0.272 e. The van der Waals surface area contributed by atoms with Crippen molar-refractivity contribution < 1.29 is 9.59 Å². The van der Waals surface area contributed by atoms with Crippen molar-refractivity contribution in [1.82, 2.24) is 10.0 Å². The maximum atomic E-state index is 13.3. The predicted molar refractivity (Wildman–Crippen MR) is 105 cm³/mol. The maximum absolute atomic E-state index is 13.3. The lowest BCUT2D eigenvalue weighted by Gasteiger charge is -2.43. The van der Waals surface area contributed by atoms with Gasteiger partial charge in [-0.15, -0.1) is 0 Å². The normalized spacial score (nSPS) is 11.1. The smallest absolute Gasteiger partial charge is 0.267 e. The second-order valence-corrected chi connectivity index (χ2v) is 7.23. The van der Waals surface area contributed by atoms with E-state index in [2.05, 4.69) is 6.92 Å². The molecule has 0 aromatic heterocycles. The van der Waals surface area contributed by atoms with Crippen molar-refractivity contribution in [3.05, 3.63) is 71.3 Å². The topological polar surface area (TPSA) is 40.6 Å². The number of amides is 2. The van der Waals surface area contributed by atoms with Gasteiger partial charge in [-0.05, 0) is 63.9 Å². The van der Waals surface area contributed by atoms with E-state index in [0.29, 0.717) is 17.7 Å². The third-order valence-electron chi connectivity index (χ3n) is 4.23. The van der Waals surface area contributed by atoms with Gasteiger partial charge < -0.3 is 0 Å². The van der Waals surface area contributed by atoms with E-state index in [0.717, 1.165) is 6.42 Å². The van der Waals surface area contributed by atoms with Gasteiger partial charge in [-0.3, -0.25) is 9.59 Å². The summed E-state index contributed by atoms with van der Waals surface area (Å²) in [6.45, 7) is 10.2. The van der Waals surface area contributed by atoms with E-state index < -0.39 is 5.54 Å². The molecule has 2 aromatic rings. The van der Waals surface area contributed by atoms with Crippen LogP contribution in [0.15, 0.2) is 54.6 Å². The summed E-state index contributed by atoms with van der Waals surface area (Å²) in [5.74, 6) is -0.354. The van der Waals surface area contributed by atoms with Gasteiger partial charge in [0.25, 0.3) is 11.8 Å². The van der Waals surface area contributed by atoms with Crippen LogP contribution < -0.4 is 0 Å². The second kappa shape index (κ2) is 8.17. The van der Waals surface area contributed by atoms with Gasteiger partial charge in [0.2, 0.25) is 0 Å². The van der Waals surface area contributed by atoms with Gasteiger partial charge in [0.15, 0.2) is 0 Å². The van der Waals surface area contributed by atoms with E-state index in [1.807, 2.05) is 70.2 Å². The minimum absolute atomic E-state index is 0.175. The van der Waals surface area contributed by atoms with Gasteiger partial charge >= 0.3 is 0 Å². The van der Waals surface area contributed by atoms with E-state index in [4.69, 9.17) is 0 Å². The first-order valence-electron chi connectivity index (χ1n) is 9.10. The van der Waals surface area contributed by atoms with Gasteiger partial charge in [-0.25, -0.2) is 10.0 Å². The Morgan fingerprint density at radius 3 is 1.81 bits per heavy atom. The average Bonchev–Trinajstić information content (AvgIpc) is 2.64. The quantitative estimate of drug-likeness (QED) is 0.757. The lowest BCUT2D eigenvalue weighted by molar-refractivity contribution is -0.0410. The SMILES string of the molecule is CCc1ccc(C(=O)N(N(CC)C(=O)c2ccccc2)C(C)(C)C)cc1. The standard InChI is InChI=1S/C22H28N2O2/c1-6-17-13-15-19(16-14-17)21(26)24(22(3,4)5)23(7-2)20(25)18-11-9-8-10-12-18/h8-16H,6-7H2,1-5H3. The van der Waals surface area contributed by atoms with Crippen molar-refractivity contribution in [3.8, 4) is 0 Å². The highest BCUT2D eigenvalue weighted by atomic mass is 16.2. The molecule has 2 aromatic carbocycles. The zero-order valence-electron chi connectivity index (χ0n) is 16.3. The first kappa shape index (κ1) is 19.7. The summed E-state index contributed by atoms with van der Waals surface area (Å²) in [4.78, 5) is 26.3. The highest BCUT2D eigenvalue weighted by Gasteiger charge is 2.35. The van der Waals surface area contributed by atoms with Crippen molar-refractivity contribution >= 4 is 11.8 Å². The number of rotatable bonds is 4. The Bertz CT molecular complexity index is 746. The van der Waals surface area contributed by atoms with E-state index in [-0.39, 0.29) is 11.8 Å². The summed E-state index contributed by atoms with van der Waals surface area (Å²) in [6.07, 6.45) is 0.922. The molecule has 0 unspecified atom stereocenters. The van der Waals surface area contributed by atoms with Crippen LogP contribution in [0.25, 0.3) is 0 Å². The summed E-state index contributed by atoms with van der Waals surface area (Å²) < 4.78 is 0. The number of nitrogens with zero attached hydrogens (tertiary/aromatic N) is 2. The Hall–Kier alpha value is -2.62. The van der Waals surface area contributed by atoms with E-state index >= 15 is 0 Å². The predicted octanol–water partition coefficient (Wildman–Crippen LogP) is 4.57. The molecule has 0 saturated heterocycles. The highest BCUT2D eigenvalue weighted by molar-refractivity contribution is 5.99. The molecule has 0 saturated carbocycles. The summed E-state index contributed by atoms with van der Waals surface area (Å²) >= 11 is 0. The lowest BCUT2D eigenvalue weighted by Crippen LogP contribution is -2.58. The summed E-state index contributed by atoms with van der Waals surface area (Å²) in [5, 5.41) is 3.11. The molecule has 4 nitrogen and oxygen atoms in total. The molecule has 0 N–H and O–H groups in total. The van der Waals surface area contributed by atoms with Crippen LogP contribution in [0.5, 0.6) is 0 Å². The Balaban J connectivity index is 2.41. The molecule has 0 radical (unpaired) electrons. The maximum Gasteiger partial charge on any atom is 0.272 e. The Morgan fingerprint density at radius 1 is 0.808 bits per heavy atom. The Labute approximate surface area is 156 Å². The minimum atomic E-state index is -0.541. The van der Waals surface area contributed by atoms with Crippen LogP contribution in [0, 0.1) is 0 Å². The van der Waals surface area contributed by atoms with Crippen LogP contribution >= 0.6 is 0 Å². The molecule has 138 valence electrons. The summed E-state index contributed by atoms with van der Waals surface area (Å²) in [6, 6.07) is 16.7. The number of hydrogen-bond acceptors (Lipinski definition) is 2. The van der Waals surface area contributed by atoms with Crippen LogP contribution in [-0.4, -0.2) is 33.9 Å².